The quantitative estimate of drug-likeness (QED) is 0.887. The van der Waals surface area contributed by atoms with E-state index < -0.39 is 0 Å². The number of nitrogens with one attached hydrogen (secondary N) is 1. The lowest BCUT2D eigenvalue weighted by molar-refractivity contribution is 0.0774. The van der Waals surface area contributed by atoms with Crippen molar-refractivity contribution >= 4 is 11.6 Å². The van der Waals surface area contributed by atoms with Crippen LogP contribution < -0.4 is 10.1 Å². The molecule has 0 fully saturated rings. The molecule has 4 nitrogen and oxygen atoms in total. The number of benzene rings is 2. The highest BCUT2D eigenvalue weighted by Gasteiger charge is 2.14. The highest BCUT2D eigenvalue weighted by atomic mass is 16.5. The van der Waals surface area contributed by atoms with Crippen LogP contribution in [-0.4, -0.2) is 38.1 Å². The number of hydrogen-bond acceptors (Lipinski definition) is 3. The van der Waals surface area contributed by atoms with Crippen LogP contribution in [0.15, 0.2) is 54.6 Å². The fourth-order valence-corrected chi connectivity index (χ4v) is 2.01. The lowest BCUT2D eigenvalue weighted by Gasteiger charge is -2.19. The molecule has 1 amide bonds. The Hall–Kier alpha value is -2.49. The van der Waals surface area contributed by atoms with Crippen molar-refractivity contribution in [2.45, 2.75) is 0 Å². The van der Waals surface area contributed by atoms with Gasteiger partial charge >= 0.3 is 0 Å². The van der Waals surface area contributed by atoms with Gasteiger partial charge in [-0.15, -0.1) is 0 Å². The number of hydrogen-bond donors (Lipinski definition) is 1. The van der Waals surface area contributed by atoms with Crippen LogP contribution in [0, 0.1) is 0 Å². The minimum Gasteiger partial charge on any atom is -0.492 e. The van der Waals surface area contributed by atoms with Crippen LogP contribution >= 0.6 is 0 Å². The summed E-state index contributed by atoms with van der Waals surface area (Å²) in [5.74, 6) is 0.797. The maximum absolute atomic E-state index is 12.4. The number of carbonyl (C=O) groups excluding carboxylic acids is 1. The van der Waals surface area contributed by atoms with E-state index in [4.69, 9.17) is 4.74 Å². The molecule has 0 aliphatic heterocycles. The number of para-hydroxylation sites is 2. The van der Waals surface area contributed by atoms with Gasteiger partial charge in [0.2, 0.25) is 0 Å². The molecule has 0 radical (unpaired) electrons. The minimum atomic E-state index is -0.0170. The van der Waals surface area contributed by atoms with Crippen molar-refractivity contribution in [2.75, 3.05) is 32.6 Å². The summed E-state index contributed by atoms with van der Waals surface area (Å²) < 4.78 is 5.61. The summed E-state index contributed by atoms with van der Waals surface area (Å²) in [5, 5.41) is 3.03. The highest BCUT2D eigenvalue weighted by Crippen LogP contribution is 2.16. The third kappa shape index (κ3) is 3.99. The molecule has 0 spiro atoms. The number of likely N-dealkylation sites (N-methyl/N-ethyl adjacent to an activating group) is 1. The summed E-state index contributed by atoms with van der Waals surface area (Å²) >= 11 is 0. The number of anilines is 1. The molecular weight excluding hydrogens is 264 g/mol. The van der Waals surface area contributed by atoms with E-state index in [0.29, 0.717) is 18.7 Å². The van der Waals surface area contributed by atoms with Gasteiger partial charge in [-0.2, -0.15) is 0 Å². The molecule has 2 rings (SSSR count). The third-order valence-electron chi connectivity index (χ3n) is 3.21. The first-order valence-corrected chi connectivity index (χ1v) is 6.92. The molecule has 2 aromatic rings. The summed E-state index contributed by atoms with van der Waals surface area (Å²) in [6.45, 7) is 1.000. The Balaban J connectivity index is 1.91. The molecule has 1 N–H and O–H groups in total. The van der Waals surface area contributed by atoms with E-state index in [-0.39, 0.29) is 5.91 Å². The number of nitrogens with zero attached hydrogens (tertiary/aromatic N) is 1. The fourth-order valence-electron chi connectivity index (χ4n) is 2.01. The molecule has 0 bridgehead atoms. The Kier molecular flexibility index (Phi) is 5.21. The van der Waals surface area contributed by atoms with E-state index >= 15 is 0 Å². The van der Waals surface area contributed by atoms with Crippen LogP contribution in [0.1, 0.15) is 10.4 Å². The van der Waals surface area contributed by atoms with Gasteiger partial charge in [0.05, 0.1) is 12.1 Å². The molecule has 0 heterocycles. The molecule has 0 aliphatic carbocycles. The van der Waals surface area contributed by atoms with Gasteiger partial charge in [-0.05, 0) is 24.3 Å². The van der Waals surface area contributed by atoms with Crippen LogP contribution in [-0.2, 0) is 0 Å². The Morgan fingerprint density at radius 2 is 1.76 bits per heavy atom. The van der Waals surface area contributed by atoms with E-state index in [9.17, 15) is 4.79 Å². The smallest absolute Gasteiger partial charge is 0.255 e. The second-order valence-corrected chi connectivity index (χ2v) is 4.68. The monoisotopic (exact) mass is 284 g/mol. The fraction of sp³-hybridized carbons (Fsp3) is 0.235. The Labute approximate surface area is 125 Å². The second kappa shape index (κ2) is 7.33. The van der Waals surface area contributed by atoms with E-state index in [1.165, 1.54) is 0 Å². The van der Waals surface area contributed by atoms with Crippen molar-refractivity contribution in [3.05, 3.63) is 60.2 Å². The molecule has 0 atom stereocenters. The van der Waals surface area contributed by atoms with Crippen molar-refractivity contribution < 1.29 is 9.53 Å². The van der Waals surface area contributed by atoms with Crippen LogP contribution in [0.2, 0.25) is 0 Å². The average molecular weight is 284 g/mol. The van der Waals surface area contributed by atoms with E-state index in [1.54, 1.807) is 11.9 Å². The second-order valence-electron chi connectivity index (χ2n) is 4.68. The molecule has 0 unspecified atom stereocenters. The van der Waals surface area contributed by atoms with Crippen molar-refractivity contribution in [1.82, 2.24) is 4.90 Å². The Bertz CT molecular complexity index is 584. The normalized spacial score (nSPS) is 10.0. The van der Waals surface area contributed by atoms with Crippen LogP contribution in [0.3, 0.4) is 0 Å². The van der Waals surface area contributed by atoms with Gasteiger partial charge in [0, 0.05) is 19.8 Å². The zero-order chi connectivity index (χ0) is 15.1. The molecule has 0 aromatic heterocycles. The predicted octanol–water partition coefficient (Wildman–Crippen LogP) is 2.88. The van der Waals surface area contributed by atoms with Crippen molar-refractivity contribution in [3.63, 3.8) is 0 Å². The van der Waals surface area contributed by atoms with E-state index in [0.717, 1.165) is 11.4 Å². The first kappa shape index (κ1) is 14.9. The standard InChI is InChI=1S/C17H20N2O2/c1-18-16-11-7-6-10-15(16)17(20)19(2)12-13-21-14-8-4-3-5-9-14/h3-11,18H,12-13H2,1-2H3. The van der Waals surface area contributed by atoms with Gasteiger partial charge in [-0.3, -0.25) is 4.79 Å². The Morgan fingerprint density at radius 1 is 1.10 bits per heavy atom. The molecular formula is C17H20N2O2. The maximum atomic E-state index is 12.4. The SMILES string of the molecule is CNc1ccccc1C(=O)N(C)CCOc1ccccc1. The molecule has 4 heteroatoms. The van der Waals surface area contributed by atoms with Gasteiger partial charge in [0.1, 0.15) is 12.4 Å². The minimum absolute atomic E-state index is 0.0170. The van der Waals surface area contributed by atoms with E-state index in [2.05, 4.69) is 5.32 Å². The largest absolute Gasteiger partial charge is 0.492 e. The third-order valence-corrected chi connectivity index (χ3v) is 3.21. The number of amides is 1. The molecule has 110 valence electrons. The van der Waals surface area contributed by atoms with Crippen LogP contribution in [0.5, 0.6) is 5.75 Å². The van der Waals surface area contributed by atoms with Crippen LogP contribution in [0.4, 0.5) is 5.69 Å². The van der Waals surface area contributed by atoms with E-state index in [1.807, 2.05) is 61.6 Å². The van der Waals surface area contributed by atoms with Crippen LogP contribution in [0.25, 0.3) is 0 Å². The molecule has 0 aliphatic rings. The topological polar surface area (TPSA) is 41.6 Å². The molecule has 0 saturated carbocycles. The summed E-state index contributed by atoms with van der Waals surface area (Å²) in [5.41, 5.74) is 1.50. The summed E-state index contributed by atoms with van der Waals surface area (Å²) in [7, 11) is 3.59. The number of carbonyl (C=O) groups is 1. The summed E-state index contributed by atoms with van der Waals surface area (Å²) in [4.78, 5) is 14.1. The van der Waals surface area contributed by atoms with Crippen molar-refractivity contribution in [2.24, 2.45) is 0 Å². The molecule has 21 heavy (non-hydrogen) atoms. The molecule has 2 aromatic carbocycles. The van der Waals surface area contributed by atoms with Gasteiger partial charge in [-0.1, -0.05) is 30.3 Å². The maximum Gasteiger partial charge on any atom is 0.255 e. The highest BCUT2D eigenvalue weighted by molar-refractivity contribution is 5.99. The zero-order valence-electron chi connectivity index (χ0n) is 12.4. The number of rotatable bonds is 6. The first-order valence-electron chi connectivity index (χ1n) is 6.92. The lowest BCUT2D eigenvalue weighted by Crippen LogP contribution is -2.31. The summed E-state index contributed by atoms with van der Waals surface area (Å²) in [6, 6.07) is 17.1. The number of ether oxygens (including phenoxy) is 1. The van der Waals surface area contributed by atoms with Gasteiger partial charge < -0.3 is 15.0 Å². The van der Waals surface area contributed by atoms with Gasteiger partial charge in [0.25, 0.3) is 5.91 Å². The van der Waals surface area contributed by atoms with Crippen molar-refractivity contribution in [1.29, 1.82) is 0 Å². The van der Waals surface area contributed by atoms with Gasteiger partial charge in [-0.25, -0.2) is 0 Å². The Morgan fingerprint density at radius 3 is 2.48 bits per heavy atom. The zero-order valence-corrected chi connectivity index (χ0v) is 12.4. The predicted molar refractivity (Wildman–Crippen MR) is 84.9 cm³/mol. The first-order chi connectivity index (χ1) is 10.2. The molecule has 0 saturated heterocycles. The summed E-state index contributed by atoms with van der Waals surface area (Å²) in [6.07, 6.45) is 0. The average Bonchev–Trinajstić information content (AvgIpc) is 2.55. The lowest BCUT2D eigenvalue weighted by atomic mass is 10.1. The van der Waals surface area contributed by atoms with Gasteiger partial charge in [0.15, 0.2) is 0 Å². The van der Waals surface area contributed by atoms with Crippen molar-refractivity contribution in [3.8, 4) is 5.75 Å².